The highest BCUT2D eigenvalue weighted by atomic mass is 32.1. The fraction of sp³-hybridized carbons (Fsp3) is 0.438. The summed E-state index contributed by atoms with van der Waals surface area (Å²) in [5, 5.41) is 4.15. The SMILES string of the molecule is CCCNC(c1nc2c(s1)CCC2)c1cccc(F)c1F. The van der Waals surface area contributed by atoms with Crippen molar-refractivity contribution in [3.05, 3.63) is 51.0 Å². The highest BCUT2D eigenvalue weighted by Gasteiger charge is 2.25. The Morgan fingerprint density at radius 3 is 2.95 bits per heavy atom. The molecule has 0 saturated heterocycles. The van der Waals surface area contributed by atoms with Crippen LogP contribution in [0.5, 0.6) is 0 Å². The number of nitrogens with one attached hydrogen (secondary N) is 1. The van der Waals surface area contributed by atoms with E-state index in [0.717, 1.165) is 49.0 Å². The van der Waals surface area contributed by atoms with Crippen molar-refractivity contribution in [2.75, 3.05) is 6.54 Å². The molecule has 0 bridgehead atoms. The Labute approximate surface area is 127 Å². The first-order chi connectivity index (χ1) is 10.2. The molecular weight excluding hydrogens is 290 g/mol. The van der Waals surface area contributed by atoms with Gasteiger partial charge in [-0.2, -0.15) is 0 Å². The van der Waals surface area contributed by atoms with E-state index in [1.54, 1.807) is 23.5 Å². The largest absolute Gasteiger partial charge is 0.304 e. The molecule has 112 valence electrons. The van der Waals surface area contributed by atoms with Gasteiger partial charge in [-0.1, -0.05) is 19.1 Å². The normalized spacial score (nSPS) is 15.2. The minimum atomic E-state index is -0.806. The van der Waals surface area contributed by atoms with Crippen LogP contribution in [0.15, 0.2) is 18.2 Å². The Balaban J connectivity index is 1.98. The van der Waals surface area contributed by atoms with Crippen LogP contribution < -0.4 is 5.32 Å². The average Bonchev–Trinajstić information content (AvgIpc) is 3.05. The maximum absolute atomic E-state index is 14.1. The summed E-state index contributed by atoms with van der Waals surface area (Å²) in [6, 6.07) is 3.97. The topological polar surface area (TPSA) is 24.9 Å². The summed E-state index contributed by atoms with van der Waals surface area (Å²) >= 11 is 1.63. The number of halogens is 2. The zero-order valence-corrected chi connectivity index (χ0v) is 12.8. The molecule has 2 aromatic rings. The van der Waals surface area contributed by atoms with Crippen molar-refractivity contribution >= 4 is 11.3 Å². The van der Waals surface area contributed by atoms with Gasteiger partial charge in [-0.15, -0.1) is 11.3 Å². The molecule has 0 fully saturated rings. The van der Waals surface area contributed by atoms with Crippen molar-refractivity contribution in [1.29, 1.82) is 0 Å². The lowest BCUT2D eigenvalue weighted by atomic mass is 10.1. The van der Waals surface area contributed by atoms with E-state index in [4.69, 9.17) is 0 Å². The summed E-state index contributed by atoms with van der Waals surface area (Å²) in [5.41, 5.74) is 1.48. The van der Waals surface area contributed by atoms with Crippen LogP contribution in [-0.2, 0) is 12.8 Å². The van der Waals surface area contributed by atoms with Gasteiger partial charge in [0, 0.05) is 10.4 Å². The number of hydrogen-bond donors (Lipinski definition) is 1. The number of nitrogens with zero attached hydrogens (tertiary/aromatic N) is 1. The fourth-order valence-electron chi connectivity index (χ4n) is 2.70. The summed E-state index contributed by atoms with van der Waals surface area (Å²) in [4.78, 5) is 5.95. The molecule has 0 amide bonds. The minimum absolute atomic E-state index is 0.343. The third kappa shape index (κ3) is 2.85. The predicted octanol–water partition coefficient (Wildman–Crippen LogP) is 4.00. The van der Waals surface area contributed by atoms with Gasteiger partial charge >= 0.3 is 0 Å². The first-order valence-electron chi connectivity index (χ1n) is 7.36. The fourth-order valence-corrected chi connectivity index (χ4v) is 3.94. The van der Waals surface area contributed by atoms with Gasteiger partial charge in [-0.05, 0) is 38.3 Å². The standard InChI is InChI=1S/C16H18F2N2S/c1-2-9-19-15(10-5-3-6-11(17)14(10)18)16-20-12-7-4-8-13(12)21-16/h3,5-6,15,19H,2,4,7-9H2,1H3. The van der Waals surface area contributed by atoms with Crippen LogP contribution >= 0.6 is 11.3 Å². The molecule has 1 unspecified atom stereocenters. The Morgan fingerprint density at radius 2 is 2.19 bits per heavy atom. The maximum atomic E-state index is 14.1. The van der Waals surface area contributed by atoms with E-state index in [2.05, 4.69) is 10.3 Å². The van der Waals surface area contributed by atoms with Crippen LogP contribution in [0.1, 0.15) is 46.9 Å². The molecule has 1 aromatic heterocycles. The molecule has 0 aliphatic heterocycles. The van der Waals surface area contributed by atoms with Crippen LogP contribution in [0, 0.1) is 11.6 Å². The van der Waals surface area contributed by atoms with Gasteiger partial charge in [-0.3, -0.25) is 0 Å². The van der Waals surface area contributed by atoms with E-state index in [1.807, 2.05) is 6.92 Å². The average molecular weight is 308 g/mol. The maximum Gasteiger partial charge on any atom is 0.164 e. The molecular formula is C16H18F2N2S. The van der Waals surface area contributed by atoms with Crippen molar-refractivity contribution in [1.82, 2.24) is 10.3 Å². The quantitative estimate of drug-likeness (QED) is 0.903. The number of aryl methyl sites for hydroxylation is 2. The molecule has 0 saturated carbocycles. The van der Waals surface area contributed by atoms with Crippen LogP contribution in [0.2, 0.25) is 0 Å². The van der Waals surface area contributed by atoms with Gasteiger partial charge in [0.2, 0.25) is 0 Å². The number of aromatic nitrogens is 1. The Kier molecular flexibility index (Phi) is 4.31. The lowest BCUT2D eigenvalue weighted by Gasteiger charge is -2.17. The molecule has 3 rings (SSSR count). The third-order valence-electron chi connectivity index (χ3n) is 3.75. The van der Waals surface area contributed by atoms with E-state index >= 15 is 0 Å². The van der Waals surface area contributed by atoms with E-state index in [9.17, 15) is 8.78 Å². The van der Waals surface area contributed by atoms with Crippen LogP contribution in [0.25, 0.3) is 0 Å². The predicted molar refractivity (Wildman–Crippen MR) is 80.6 cm³/mol. The smallest absolute Gasteiger partial charge is 0.164 e. The molecule has 1 aliphatic rings. The molecule has 2 nitrogen and oxygen atoms in total. The summed E-state index contributed by atoms with van der Waals surface area (Å²) in [6.45, 7) is 2.79. The second-order valence-electron chi connectivity index (χ2n) is 5.31. The number of thiazole rings is 1. The zero-order chi connectivity index (χ0) is 14.8. The van der Waals surface area contributed by atoms with Crippen LogP contribution in [-0.4, -0.2) is 11.5 Å². The second-order valence-corrected chi connectivity index (χ2v) is 6.42. The molecule has 1 heterocycles. The Morgan fingerprint density at radius 1 is 1.33 bits per heavy atom. The molecule has 1 aromatic carbocycles. The molecule has 1 aliphatic carbocycles. The molecule has 5 heteroatoms. The van der Waals surface area contributed by atoms with Gasteiger partial charge in [0.05, 0.1) is 11.7 Å². The van der Waals surface area contributed by atoms with Gasteiger partial charge in [0.1, 0.15) is 5.01 Å². The summed E-state index contributed by atoms with van der Waals surface area (Å²) in [5.74, 6) is -1.58. The highest BCUT2D eigenvalue weighted by Crippen LogP contribution is 2.34. The van der Waals surface area contributed by atoms with Gasteiger partial charge in [0.25, 0.3) is 0 Å². The second kappa shape index (κ2) is 6.20. The number of benzene rings is 1. The van der Waals surface area contributed by atoms with E-state index in [0.29, 0.717) is 5.56 Å². The number of rotatable bonds is 5. The van der Waals surface area contributed by atoms with E-state index in [1.165, 1.54) is 4.88 Å². The van der Waals surface area contributed by atoms with Crippen LogP contribution in [0.3, 0.4) is 0 Å². The van der Waals surface area contributed by atoms with Crippen molar-refractivity contribution in [2.24, 2.45) is 0 Å². The lowest BCUT2D eigenvalue weighted by Crippen LogP contribution is -2.24. The van der Waals surface area contributed by atoms with Crippen molar-refractivity contribution in [2.45, 2.75) is 38.6 Å². The van der Waals surface area contributed by atoms with E-state index in [-0.39, 0.29) is 6.04 Å². The van der Waals surface area contributed by atoms with E-state index < -0.39 is 11.6 Å². The van der Waals surface area contributed by atoms with Crippen molar-refractivity contribution in [3.8, 4) is 0 Å². The molecule has 1 atom stereocenters. The summed E-state index contributed by atoms with van der Waals surface area (Å²) in [7, 11) is 0. The van der Waals surface area contributed by atoms with Gasteiger partial charge in [-0.25, -0.2) is 13.8 Å². The van der Waals surface area contributed by atoms with Crippen LogP contribution in [0.4, 0.5) is 8.78 Å². The molecule has 1 N–H and O–H groups in total. The first kappa shape index (κ1) is 14.6. The molecule has 21 heavy (non-hydrogen) atoms. The Hall–Kier alpha value is -1.33. The highest BCUT2D eigenvalue weighted by molar-refractivity contribution is 7.11. The summed E-state index contributed by atoms with van der Waals surface area (Å²) < 4.78 is 27.6. The van der Waals surface area contributed by atoms with Gasteiger partial charge in [0.15, 0.2) is 11.6 Å². The monoisotopic (exact) mass is 308 g/mol. The van der Waals surface area contributed by atoms with Gasteiger partial charge < -0.3 is 5.32 Å². The third-order valence-corrected chi connectivity index (χ3v) is 4.97. The molecule has 0 radical (unpaired) electrons. The van der Waals surface area contributed by atoms with Crippen molar-refractivity contribution < 1.29 is 8.78 Å². The first-order valence-corrected chi connectivity index (χ1v) is 8.18. The zero-order valence-electron chi connectivity index (χ0n) is 12.0. The summed E-state index contributed by atoms with van der Waals surface area (Å²) in [6.07, 6.45) is 4.13. The Bertz CT molecular complexity index is 618. The number of hydrogen-bond acceptors (Lipinski definition) is 3. The number of fused-ring (bicyclic) bond motifs is 1. The minimum Gasteiger partial charge on any atom is -0.304 e. The lowest BCUT2D eigenvalue weighted by molar-refractivity contribution is 0.479. The molecule has 0 spiro atoms. The van der Waals surface area contributed by atoms with Crippen molar-refractivity contribution in [3.63, 3.8) is 0 Å².